The van der Waals surface area contributed by atoms with Crippen LogP contribution in [-0.4, -0.2) is 29.3 Å². The maximum atomic E-state index is 11.7. The van der Waals surface area contributed by atoms with Crippen LogP contribution in [0.2, 0.25) is 0 Å². The van der Waals surface area contributed by atoms with Crippen molar-refractivity contribution in [3.05, 3.63) is 29.6 Å². The Labute approximate surface area is 120 Å². The fraction of sp³-hybridized carbons (Fsp3) is 0.600. The largest absolute Gasteiger partial charge is 0.396 e. The average Bonchev–Trinajstić information content (AvgIpc) is 2.43. The van der Waals surface area contributed by atoms with E-state index in [9.17, 15) is 4.79 Å². The van der Waals surface area contributed by atoms with Gasteiger partial charge in [0, 0.05) is 18.8 Å². The van der Waals surface area contributed by atoms with Crippen LogP contribution in [0.25, 0.3) is 0 Å². The Bertz CT molecular complexity index is 404. The summed E-state index contributed by atoms with van der Waals surface area (Å²) in [4.78, 5) is 16.0. The summed E-state index contributed by atoms with van der Waals surface area (Å²) in [7, 11) is 0. The van der Waals surface area contributed by atoms with Gasteiger partial charge in [0.2, 0.25) is 0 Å². The van der Waals surface area contributed by atoms with Gasteiger partial charge in [-0.05, 0) is 37.8 Å². The van der Waals surface area contributed by atoms with E-state index in [1.165, 1.54) is 0 Å². The Hall–Kier alpha value is -1.62. The minimum Gasteiger partial charge on any atom is -0.396 e. The third-order valence-electron chi connectivity index (χ3n) is 3.16. The van der Waals surface area contributed by atoms with E-state index < -0.39 is 0 Å². The number of aliphatic hydroxyl groups is 1. The summed E-state index contributed by atoms with van der Waals surface area (Å²) in [6.45, 7) is 5.22. The highest BCUT2D eigenvalue weighted by Gasteiger charge is 2.09. The van der Waals surface area contributed by atoms with Crippen molar-refractivity contribution in [3.8, 4) is 0 Å². The summed E-state index contributed by atoms with van der Waals surface area (Å²) in [6.07, 6.45) is 2.80. The zero-order valence-electron chi connectivity index (χ0n) is 12.4. The molecule has 0 aliphatic carbocycles. The van der Waals surface area contributed by atoms with Crippen molar-refractivity contribution >= 4 is 6.03 Å². The van der Waals surface area contributed by atoms with Crippen LogP contribution in [0.5, 0.6) is 0 Å². The van der Waals surface area contributed by atoms with Gasteiger partial charge in [-0.15, -0.1) is 0 Å². The van der Waals surface area contributed by atoms with Crippen LogP contribution in [0.3, 0.4) is 0 Å². The van der Waals surface area contributed by atoms with Gasteiger partial charge < -0.3 is 15.7 Å². The second-order valence-electron chi connectivity index (χ2n) is 5.00. The SMILES string of the molecule is CCCC(CCO)CNC(=O)NCc1cccc(C)n1. The molecular weight excluding hydrogens is 254 g/mol. The van der Waals surface area contributed by atoms with Gasteiger partial charge in [-0.25, -0.2) is 4.79 Å². The molecule has 5 nitrogen and oxygen atoms in total. The Morgan fingerprint density at radius 2 is 2.15 bits per heavy atom. The van der Waals surface area contributed by atoms with Gasteiger partial charge >= 0.3 is 6.03 Å². The molecule has 0 saturated carbocycles. The fourth-order valence-electron chi connectivity index (χ4n) is 2.11. The van der Waals surface area contributed by atoms with Crippen molar-refractivity contribution in [2.24, 2.45) is 5.92 Å². The zero-order chi connectivity index (χ0) is 14.8. The number of nitrogens with zero attached hydrogens (tertiary/aromatic N) is 1. The second-order valence-corrected chi connectivity index (χ2v) is 5.00. The first-order valence-corrected chi connectivity index (χ1v) is 7.20. The highest BCUT2D eigenvalue weighted by molar-refractivity contribution is 5.73. The third-order valence-corrected chi connectivity index (χ3v) is 3.16. The summed E-state index contributed by atoms with van der Waals surface area (Å²) in [5, 5.41) is 14.6. The number of aryl methyl sites for hydroxylation is 1. The summed E-state index contributed by atoms with van der Waals surface area (Å²) in [5.74, 6) is 0.341. The molecule has 0 saturated heterocycles. The van der Waals surface area contributed by atoms with E-state index in [1.54, 1.807) is 0 Å². The molecule has 0 radical (unpaired) electrons. The maximum Gasteiger partial charge on any atom is 0.315 e. The molecule has 1 aromatic heterocycles. The third kappa shape index (κ3) is 6.52. The van der Waals surface area contributed by atoms with Gasteiger partial charge in [-0.1, -0.05) is 19.4 Å². The zero-order valence-corrected chi connectivity index (χ0v) is 12.4. The van der Waals surface area contributed by atoms with Gasteiger partial charge in [0.1, 0.15) is 0 Å². The number of hydrogen-bond acceptors (Lipinski definition) is 3. The van der Waals surface area contributed by atoms with Gasteiger partial charge in [0.25, 0.3) is 0 Å². The molecule has 112 valence electrons. The van der Waals surface area contributed by atoms with Gasteiger partial charge in [-0.2, -0.15) is 0 Å². The first-order valence-electron chi connectivity index (χ1n) is 7.20. The lowest BCUT2D eigenvalue weighted by molar-refractivity contribution is 0.229. The molecule has 1 atom stereocenters. The van der Waals surface area contributed by atoms with Crippen molar-refractivity contribution in [2.75, 3.05) is 13.2 Å². The van der Waals surface area contributed by atoms with Crippen molar-refractivity contribution in [1.29, 1.82) is 0 Å². The number of carbonyl (C=O) groups is 1. The highest BCUT2D eigenvalue weighted by atomic mass is 16.3. The number of aromatic nitrogens is 1. The summed E-state index contributed by atoms with van der Waals surface area (Å²) in [5.41, 5.74) is 1.79. The first-order chi connectivity index (χ1) is 9.65. The minimum absolute atomic E-state index is 0.168. The molecule has 3 N–H and O–H groups in total. The predicted molar refractivity (Wildman–Crippen MR) is 79.3 cm³/mol. The normalized spacial score (nSPS) is 11.9. The quantitative estimate of drug-likeness (QED) is 0.681. The van der Waals surface area contributed by atoms with E-state index in [-0.39, 0.29) is 12.6 Å². The number of carbonyl (C=O) groups excluding carboxylic acids is 1. The van der Waals surface area contributed by atoms with Crippen LogP contribution in [0.4, 0.5) is 4.79 Å². The molecule has 0 aromatic carbocycles. The van der Waals surface area contributed by atoms with Crippen molar-refractivity contribution < 1.29 is 9.90 Å². The molecule has 1 rings (SSSR count). The topological polar surface area (TPSA) is 74.2 Å². The first kappa shape index (κ1) is 16.4. The molecule has 20 heavy (non-hydrogen) atoms. The molecule has 0 aliphatic heterocycles. The van der Waals surface area contributed by atoms with E-state index in [2.05, 4.69) is 22.5 Å². The smallest absolute Gasteiger partial charge is 0.315 e. The molecule has 1 aromatic rings. The van der Waals surface area contributed by atoms with Gasteiger partial charge in [-0.3, -0.25) is 4.98 Å². The molecular formula is C15H25N3O2. The van der Waals surface area contributed by atoms with Crippen LogP contribution in [0.1, 0.15) is 37.6 Å². The molecule has 0 spiro atoms. The summed E-state index contributed by atoms with van der Waals surface area (Å²) < 4.78 is 0. The number of pyridine rings is 1. The highest BCUT2D eigenvalue weighted by Crippen LogP contribution is 2.09. The van der Waals surface area contributed by atoms with Crippen molar-refractivity contribution in [1.82, 2.24) is 15.6 Å². The lowest BCUT2D eigenvalue weighted by atomic mass is 10.0. The standard InChI is InChI=1S/C15H25N3O2/c1-3-5-13(8-9-19)10-16-15(20)17-11-14-7-4-6-12(2)18-14/h4,6-7,13,19H,3,5,8-11H2,1-2H3,(H2,16,17,20). The number of amides is 2. The monoisotopic (exact) mass is 279 g/mol. The van der Waals surface area contributed by atoms with E-state index in [4.69, 9.17) is 5.11 Å². The molecule has 1 unspecified atom stereocenters. The predicted octanol–water partition coefficient (Wildman–Crippen LogP) is 1.99. The van der Waals surface area contributed by atoms with E-state index >= 15 is 0 Å². The Morgan fingerprint density at radius 1 is 1.35 bits per heavy atom. The Morgan fingerprint density at radius 3 is 2.80 bits per heavy atom. The van der Waals surface area contributed by atoms with Gasteiger partial charge in [0.05, 0.1) is 12.2 Å². The lowest BCUT2D eigenvalue weighted by Gasteiger charge is -2.16. The van der Waals surface area contributed by atoms with Crippen LogP contribution in [0.15, 0.2) is 18.2 Å². The number of rotatable bonds is 8. The molecule has 0 bridgehead atoms. The van der Waals surface area contributed by atoms with Crippen LogP contribution in [0, 0.1) is 12.8 Å². The van der Waals surface area contributed by atoms with Crippen LogP contribution >= 0.6 is 0 Å². The van der Waals surface area contributed by atoms with Crippen LogP contribution < -0.4 is 10.6 Å². The van der Waals surface area contributed by atoms with E-state index in [0.29, 0.717) is 19.0 Å². The average molecular weight is 279 g/mol. The van der Waals surface area contributed by atoms with E-state index in [1.807, 2.05) is 25.1 Å². The molecule has 0 aliphatic rings. The number of urea groups is 1. The molecule has 5 heteroatoms. The second kappa shape index (κ2) is 9.31. The van der Waals surface area contributed by atoms with Crippen molar-refractivity contribution in [3.63, 3.8) is 0 Å². The number of aliphatic hydroxyl groups excluding tert-OH is 1. The Balaban J connectivity index is 2.29. The molecule has 2 amide bonds. The van der Waals surface area contributed by atoms with Crippen molar-refractivity contribution in [2.45, 2.75) is 39.7 Å². The molecule has 1 heterocycles. The number of hydrogen-bond donors (Lipinski definition) is 3. The van der Waals surface area contributed by atoms with E-state index in [0.717, 1.165) is 30.7 Å². The van der Waals surface area contributed by atoms with Gasteiger partial charge in [0.15, 0.2) is 0 Å². The Kier molecular flexibility index (Phi) is 7.65. The summed E-state index contributed by atoms with van der Waals surface area (Å²) >= 11 is 0. The molecule has 0 fully saturated rings. The summed E-state index contributed by atoms with van der Waals surface area (Å²) in [6, 6.07) is 5.55. The van der Waals surface area contributed by atoms with Crippen LogP contribution in [-0.2, 0) is 6.54 Å². The lowest BCUT2D eigenvalue weighted by Crippen LogP contribution is -2.38. The minimum atomic E-state index is -0.188. The maximum absolute atomic E-state index is 11.7. The fourth-order valence-corrected chi connectivity index (χ4v) is 2.11. The number of nitrogens with one attached hydrogen (secondary N) is 2.